The van der Waals surface area contributed by atoms with Gasteiger partial charge in [-0.2, -0.15) is 0 Å². The molecule has 0 aromatic heterocycles. The Hall–Kier alpha value is -1.38. The van der Waals surface area contributed by atoms with E-state index in [1.54, 1.807) is 0 Å². The lowest BCUT2D eigenvalue weighted by molar-refractivity contribution is -0.176. The predicted octanol–water partition coefficient (Wildman–Crippen LogP) is -1.53. The number of guanidine groups is 1. The molecule has 0 rings (SSSR count). The Balaban J connectivity index is 0. The lowest BCUT2D eigenvalue weighted by Crippen LogP contribution is -2.30. The van der Waals surface area contributed by atoms with Gasteiger partial charge in [-0.15, -0.1) is 0 Å². The number of carboxylic acids is 1. The van der Waals surface area contributed by atoms with Crippen LogP contribution in [0.5, 0.6) is 0 Å². The van der Waals surface area contributed by atoms with Crippen molar-refractivity contribution in [3.63, 3.8) is 0 Å². The topological polar surface area (TPSA) is 168 Å². The Morgan fingerprint density at radius 1 is 1.36 bits per heavy atom. The zero-order chi connectivity index (χ0) is 11.6. The molecule has 8 nitrogen and oxygen atoms in total. The summed E-state index contributed by atoms with van der Waals surface area (Å²) in [6.45, 7) is 0.420. The van der Waals surface area contributed by atoms with Crippen LogP contribution in [-0.2, 0) is 4.79 Å². The van der Waals surface area contributed by atoms with E-state index in [9.17, 15) is 4.79 Å². The number of hydrogen-bond acceptors (Lipinski definition) is 5. The van der Waals surface area contributed by atoms with Crippen molar-refractivity contribution in [1.29, 1.82) is 0 Å². The van der Waals surface area contributed by atoms with Gasteiger partial charge in [0.05, 0.1) is 0 Å². The average molecular weight is 208 g/mol. The van der Waals surface area contributed by atoms with Gasteiger partial charge in [-0.25, -0.2) is 0 Å². The first-order valence-corrected chi connectivity index (χ1v) is 3.78. The van der Waals surface area contributed by atoms with E-state index in [0.29, 0.717) is 19.4 Å². The number of aliphatic imine (C=N–C) groups is 1. The van der Waals surface area contributed by atoms with Crippen LogP contribution in [0.3, 0.4) is 0 Å². The molecule has 0 heterocycles. The van der Waals surface area contributed by atoms with E-state index in [2.05, 4.69) is 4.99 Å². The van der Waals surface area contributed by atoms with E-state index in [1.807, 2.05) is 0 Å². The van der Waals surface area contributed by atoms with Gasteiger partial charge in [-0.3, -0.25) is 20.3 Å². The number of aliphatic carboxylic acids is 1. The van der Waals surface area contributed by atoms with Crippen molar-refractivity contribution < 1.29 is 20.4 Å². The number of nitrogens with two attached hydrogens (primary N) is 3. The monoisotopic (exact) mass is 208 g/mol. The average Bonchev–Trinajstić information content (AvgIpc) is 2.15. The number of carbonyl (C=O) groups is 1. The first-order chi connectivity index (χ1) is 6.54. The third-order valence-corrected chi connectivity index (χ3v) is 1.28. The third-order valence-electron chi connectivity index (χ3n) is 1.28. The highest BCUT2D eigenvalue weighted by atomic mass is 17.0. The summed E-state index contributed by atoms with van der Waals surface area (Å²) in [6, 6.07) is -0.820. The van der Waals surface area contributed by atoms with Gasteiger partial charge in [-0.1, -0.05) is 0 Å². The Bertz CT molecular complexity index is 181. The highest BCUT2D eigenvalue weighted by molar-refractivity contribution is 5.75. The largest absolute Gasteiger partial charge is 0.480 e. The highest BCUT2D eigenvalue weighted by Crippen LogP contribution is 1.94. The summed E-state index contributed by atoms with van der Waals surface area (Å²) < 4.78 is 0. The van der Waals surface area contributed by atoms with Gasteiger partial charge in [0.25, 0.3) is 0 Å². The van der Waals surface area contributed by atoms with Crippen LogP contribution in [-0.4, -0.2) is 40.1 Å². The molecule has 0 unspecified atom stereocenters. The van der Waals surface area contributed by atoms with Gasteiger partial charge in [0.1, 0.15) is 6.04 Å². The molecule has 0 aromatic carbocycles. The standard InChI is InChI=1S/C6H14N4O2.H2O2/c7-4(5(11)12)2-1-3-10-6(8)9;1-2/h4H,1-3,7H2,(H,11,12)(H4,8,9,10);1-2H/t4-;/m0./s1. The summed E-state index contributed by atoms with van der Waals surface area (Å²) >= 11 is 0. The molecule has 0 bridgehead atoms. The van der Waals surface area contributed by atoms with E-state index >= 15 is 0 Å². The predicted molar refractivity (Wildman–Crippen MR) is 50.8 cm³/mol. The van der Waals surface area contributed by atoms with Crippen LogP contribution in [0.25, 0.3) is 0 Å². The van der Waals surface area contributed by atoms with E-state index in [1.165, 1.54) is 0 Å². The molecular weight excluding hydrogens is 192 g/mol. The van der Waals surface area contributed by atoms with Crippen LogP contribution in [0.4, 0.5) is 0 Å². The SMILES string of the molecule is NC(N)=NCCC[C@H](N)C(=O)O.OO. The Labute approximate surface area is 81.0 Å². The molecule has 0 saturated carbocycles. The van der Waals surface area contributed by atoms with Crippen molar-refractivity contribution >= 4 is 11.9 Å². The van der Waals surface area contributed by atoms with Gasteiger partial charge in [-0.05, 0) is 12.8 Å². The summed E-state index contributed by atoms with van der Waals surface area (Å²) in [5.41, 5.74) is 15.3. The molecular formula is C6H16N4O4. The zero-order valence-corrected chi connectivity index (χ0v) is 7.63. The summed E-state index contributed by atoms with van der Waals surface area (Å²) in [5.74, 6) is -0.987. The van der Waals surface area contributed by atoms with Gasteiger partial charge < -0.3 is 22.3 Å². The number of hydrogen-bond donors (Lipinski definition) is 6. The van der Waals surface area contributed by atoms with Crippen molar-refractivity contribution in [2.45, 2.75) is 18.9 Å². The lowest BCUT2D eigenvalue weighted by Gasteiger charge is -2.03. The van der Waals surface area contributed by atoms with Crippen molar-refractivity contribution in [2.75, 3.05) is 6.54 Å². The Kier molecular flexibility index (Phi) is 10.5. The van der Waals surface area contributed by atoms with Crippen LogP contribution in [0.15, 0.2) is 4.99 Å². The minimum atomic E-state index is -1.00. The number of carboxylic acid groups (broad SMARTS) is 1. The highest BCUT2D eigenvalue weighted by Gasteiger charge is 2.09. The van der Waals surface area contributed by atoms with Gasteiger partial charge >= 0.3 is 5.97 Å². The molecule has 84 valence electrons. The smallest absolute Gasteiger partial charge is 0.320 e. The van der Waals surface area contributed by atoms with Crippen molar-refractivity contribution in [3.8, 4) is 0 Å². The molecule has 0 amide bonds. The summed E-state index contributed by atoms with van der Waals surface area (Å²) in [6.07, 6.45) is 0.956. The molecule has 8 heteroatoms. The molecule has 0 saturated heterocycles. The first-order valence-electron chi connectivity index (χ1n) is 3.78. The molecule has 0 aliphatic rings. The lowest BCUT2D eigenvalue weighted by atomic mass is 10.2. The quantitative estimate of drug-likeness (QED) is 0.105. The zero-order valence-electron chi connectivity index (χ0n) is 7.63. The van der Waals surface area contributed by atoms with E-state index < -0.39 is 12.0 Å². The number of rotatable bonds is 5. The van der Waals surface area contributed by atoms with E-state index in [0.717, 1.165) is 0 Å². The third kappa shape index (κ3) is 10.6. The minimum absolute atomic E-state index is 0.0129. The Morgan fingerprint density at radius 3 is 2.21 bits per heavy atom. The molecule has 0 aromatic rings. The Morgan fingerprint density at radius 2 is 1.86 bits per heavy atom. The minimum Gasteiger partial charge on any atom is -0.480 e. The number of nitrogens with zero attached hydrogens (tertiary/aromatic N) is 1. The maximum absolute atomic E-state index is 10.2. The second kappa shape index (κ2) is 9.71. The maximum atomic E-state index is 10.2. The molecule has 0 spiro atoms. The summed E-state index contributed by atoms with van der Waals surface area (Å²) in [5, 5.41) is 20.4. The van der Waals surface area contributed by atoms with Crippen LogP contribution in [0, 0.1) is 0 Å². The van der Waals surface area contributed by atoms with Crippen LogP contribution in [0.2, 0.25) is 0 Å². The van der Waals surface area contributed by atoms with Crippen LogP contribution in [0.1, 0.15) is 12.8 Å². The van der Waals surface area contributed by atoms with Crippen LogP contribution < -0.4 is 17.2 Å². The fourth-order valence-electron chi connectivity index (χ4n) is 0.643. The summed E-state index contributed by atoms with van der Waals surface area (Å²) in [4.78, 5) is 13.9. The van der Waals surface area contributed by atoms with Crippen molar-refractivity contribution in [3.05, 3.63) is 0 Å². The maximum Gasteiger partial charge on any atom is 0.320 e. The molecule has 0 fully saturated rings. The molecule has 0 radical (unpaired) electrons. The molecule has 0 aliphatic heterocycles. The fourth-order valence-corrected chi connectivity index (χ4v) is 0.643. The second-order valence-electron chi connectivity index (χ2n) is 2.39. The van der Waals surface area contributed by atoms with Crippen molar-refractivity contribution in [1.82, 2.24) is 0 Å². The second-order valence-corrected chi connectivity index (χ2v) is 2.39. The van der Waals surface area contributed by atoms with E-state index in [4.69, 9.17) is 32.8 Å². The normalized spacial score (nSPS) is 10.8. The summed E-state index contributed by atoms with van der Waals surface area (Å²) in [7, 11) is 0. The molecule has 14 heavy (non-hydrogen) atoms. The molecule has 9 N–H and O–H groups in total. The first kappa shape index (κ1) is 15.1. The fraction of sp³-hybridized carbons (Fsp3) is 0.667. The molecule has 0 aliphatic carbocycles. The molecule has 1 atom stereocenters. The van der Waals surface area contributed by atoms with Gasteiger partial charge in [0.15, 0.2) is 5.96 Å². The van der Waals surface area contributed by atoms with Crippen LogP contribution >= 0.6 is 0 Å². The van der Waals surface area contributed by atoms with E-state index in [-0.39, 0.29) is 5.96 Å². The van der Waals surface area contributed by atoms with Gasteiger partial charge in [0.2, 0.25) is 0 Å². The van der Waals surface area contributed by atoms with Gasteiger partial charge in [0, 0.05) is 6.54 Å². The van der Waals surface area contributed by atoms with Crippen molar-refractivity contribution in [2.24, 2.45) is 22.2 Å².